The van der Waals surface area contributed by atoms with E-state index in [-0.39, 0.29) is 0 Å². The minimum absolute atomic E-state index is 0.312. The van der Waals surface area contributed by atoms with E-state index in [4.69, 9.17) is 10.5 Å². The molecule has 0 saturated carbocycles. The highest BCUT2D eigenvalue weighted by Gasteiger charge is 2.09. The number of nitrogens with two attached hydrogens (primary N) is 1. The number of nitrogens with zero attached hydrogens (tertiary/aromatic N) is 2. The van der Waals surface area contributed by atoms with E-state index < -0.39 is 6.10 Å². The van der Waals surface area contributed by atoms with Crippen LogP contribution in [0.2, 0.25) is 0 Å². The second-order valence-corrected chi connectivity index (χ2v) is 3.41. The van der Waals surface area contributed by atoms with Crippen molar-refractivity contribution in [3.05, 3.63) is 18.2 Å². The molecule has 0 saturated heterocycles. The summed E-state index contributed by atoms with van der Waals surface area (Å²) in [5, 5.41) is 9.52. The molecule has 0 aromatic carbocycles. The summed E-state index contributed by atoms with van der Waals surface area (Å²) in [6.07, 6.45) is -0.525. The molecule has 84 valence electrons. The van der Waals surface area contributed by atoms with Crippen LogP contribution in [-0.4, -0.2) is 43.5 Å². The number of aromatic nitrogens is 1. The van der Waals surface area contributed by atoms with Gasteiger partial charge in [0.2, 0.25) is 0 Å². The Morgan fingerprint density at radius 1 is 1.60 bits per heavy atom. The molecule has 1 unspecified atom stereocenters. The number of hydrogen-bond acceptors (Lipinski definition) is 5. The summed E-state index contributed by atoms with van der Waals surface area (Å²) in [6.45, 7) is 0.775. The van der Waals surface area contributed by atoms with E-state index in [9.17, 15) is 5.11 Å². The Kier molecular flexibility index (Phi) is 4.33. The molecule has 0 aliphatic rings. The van der Waals surface area contributed by atoms with Crippen molar-refractivity contribution in [1.29, 1.82) is 0 Å². The molecule has 1 heterocycles. The molecule has 1 rings (SSSR count). The van der Waals surface area contributed by atoms with Gasteiger partial charge in [-0.3, -0.25) is 0 Å². The number of pyridine rings is 1. The maximum atomic E-state index is 9.52. The zero-order chi connectivity index (χ0) is 11.3. The molecule has 1 aromatic rings. The molecule has 0 radical (unpaired) electrons. The highest BCUT2D eigenvalue weighted by molar-refractivity contribution is 5.44. The Morgan fingerprint density at radius 3 is 2.93 bits per heavy atom. The van der Waals surface area contributed by atoms with Gasteiger partial charge in [-0.05, 0) is 12.1 Å². The number of methoxy groups -OCH3 is 1. The highest BCUT2D eigenvalue weighted by Crippen LogP contribution is 2.10. The Labute approximate surface area is 89.5 Å². The molecule has 3 N–H and O–H groups in total. The molecule has 5 heteroatoms. The van der Waals surface area contributed by atoms with Crippen LogP contribution in [0.25, 0.3) is 0 Å². The van der Waals surface area contributed by atoms with Gasteiger partial charge in [0.1, 0.15) is 11.6 Å². The Bertz CT molecular complexity index is 306. The second-order valence-electron chi connectivity index (χ2n) is 3.41. The molecule has 15 heavy (non-hydrogen) atoms. The van der Waals surface area contributed by atoms with Crippen molar-refractivity contribution in [2.75, 3.05) is 37.9 Å². The standard InChI is InChI=1S/C10H17N3O2/c1-13(6-8(14)7-15-2)10-5-3-4-9(11)12-10/h3-5,8,14H,6-7H2,1-2H3,(H2,11,12). The first kappa shape index (κ1) is 11.7. The van der Waals surface area contributed by atoms with Crippen LogP contribution in [-0.2, 0) is 4.74 Å². The molecule has 0 aliphatic carbocycles. The SMILES string of the molecule is COCC(O)CN(C)c1cccc(N)n1. The zero-order valence-electron chi connectivity index (χ0n) is 9.05. The predicted molar refractivity (Wildman–Crippen MR) is 59.8 cm³/mol. The number of anilines is 2. The molecule has 5 nitrogen and oxygen atoms in total. The Balaban J connectivity index is 2.56. The summed E-state index contributed by atoms with van der Waals surface area (Å²) in [5.41, 5.74) is 5.56. The molecule has 0 spiro atoms. The first-order chi connectivity index (χ1) is 7.13. The summed E-state index contributed by atoms with van der Waals surface area (Å²) >= 11 is 0. The average Bonchev–Trinajstić information content (AvgIpc) is 2.18. The number of ether oxygens (including phenoxy) is 1. The van der Waals surface area contributed by atoms with Crippen molar-refractivity contribution in [2.45, 2.75) is 6.10 Å². The number of hydrogen-bond donors (Lipinski definition) is 2. The fraction of sp³-hybridized carbons (Fsp3) is 0.500. The highest BCUT2D eigenvalue weighted by atomic mass is 16.5. The largest absolute Gasteiger partial charge is 0.389 e. The van der Waals surface area contributed by atoms with Crippen LogP contribution >= 0.6 is 0 Å². The van der Waals surface area contributed by atoms with E-state index in [1.165, 1.54) is 0 Å². The third kappa shape index (κ3) is 3.73. The van der Waals surface area contributed by atoms with Crippen LogP contribution in [0, 0.1) is 0 Å². The first-order valence-corrected chi connectivity index (χ1v) is 4.74. The van der Waals surface area contributed by atoms with Gasteiger partial charge in [-0.1, -0.05) is 6.07 Å². The number of nitrogen functional groups attached to an aromatic ring is 1. The zero-order valence-corrected chi connectivity index (χ0v) is 9.05. The van der Waals surface area contributed by atoms with Gasteiger partial charge in [-0.15, -0.1) is 0 Å². The van der Waals surface area contributed by atoms with Crippen LogP contribution in [0.5, 0.6) is 0 Å². The second kappa shape index (κ2) is 5.53. The van der Waals surface area contributed by atoms with E-state index >= 15 is 0 Å². The third-order valence-electron chi connectivity index (χ3n) is 1.99. The van der Waals surface area contributed by atoms with E-state index in [2.05, 4.69) is 4.98 Å². The smallest absolute Gasteiger partial charge is 0.130 e. The van der Waals surface area contributed by atoms with Crippen LogP contribution in [0.15, 0.2) is 18.2 Å². The van der Waals surface area contributed by atoms with Gasteiger partial charge < -0.3 is 20.5 Å². The van der Waals surface area contributed by atoms with E-state index in [1.54, 1.807) is 13.2 Å². The van der Waals surface area contributed by atoms with Crippen molar-refractivity contribution in [1.82, 2.24) is 4.98 Å². The van der Waals surface area contributed by atoms with Crippen molar-refractivity contribution in [2.24, 2.45) is 0 Å². The van der Waals surface area contributed by atoms with Crippen LogP contribution in [0.3, 0.4) is 0 Å². The lowest BCUT2D eigenvalue weighted by Crippen LogP contribution is -2.32. The van der Waals surface area contributed by atoms with Gasteiger partial charge in [-0.25, -0.2) is 4.98 Å². The minimum atomic E-state index is -0.525. The quantitative estimate of drug-likeness (QED) is 0.723. The lowest BCUT2D eigenvalue weighted by atomic mass is 10.3. The van der Waals surface area contributed by atoms with Crippen molar-refractivity contribution >= 4 is 11.6 Å². The van der Waals surface area contributed by atoms with E-state index in [1.807, 2.05) is 24.1 Å². The predicted octanol–water partition coefficient (Wildman–Crippen LogP) is 0.107. The summed E-state index contributed by atoms with van der Waals surface area (Å²) in [5.74, 6) is 1.21. The first-order valence-electron chi connectivity index (χ1n) is 4.74. The Morgan fingerprint density at radius 2 is 2.33 bits per heavy atom. The van der Waals surface area contributed by atoms with Gasteiger partial charge in [0.25, 0.3) is 0 Å². The van der Waals surface area contributed by atoms with Crippen LogP contribution in [0.1, 0.15) is 0 Å². The van der Waals surface area contributed by atoms with Gasteiger partial charge in [0.05, 0.1) is 12.7 Å². The van der Waals surface area contributed by atoms with Gasteiger partial charge in [-0.2, -0.15) is 0 Å². The van der Waals surface area contributed by atoms with Crippen LogP contribution < -0.4 is 10.6 Å². The van der Waals surface area contributed by atoms with E-state index in [0.29, 0.717) is 19.0 Å². The number of likely N-dealkylation sites (N-methyl/N-ethyl adjacent to an activating group) is 1. The van der Waals surface area contributed by atoms with Crippen molar-refractivity contribution in [3.63, 3.8) is 0 Å². The average molecular weight is 211 g/mol. The molecule has 0 fully saturated rings. The van der Waals surface area contributed by atoms with E-state index in [0.717, 1.165) is 5.82 Å². The lowest BCUT2D eigenvalue weighted by Gasteiger charge is -2.21. The molecule has 0 aliphatic heterocycles. The van der Waals surface area contributed by atoms with Crippen LogP contribution in [0.4, 0.5) is 11.6 Å². The fourth-order valence-electron chi connectivity index (χ4n) is 1.31. The lowest BCUT2D eigenvalue weighted by molar-refractivity contribution is 0.0694. The minimum Gasteiger partial charge on any atom is -0.389 e. The summed E-state index contributed by atoms with van der Waals surface area (Å²) in [7, 11) is 3.41. The maximum Gasteiger partial charge on any atom is 0.130 e. The summed E-state index contributed by atoms with van der Waals surface area (Å²) in [6, 6.07) is 5.40. The number of aliphatic hydroxyl groups excluding tert-OH is 1. The van der Waals surface area contributed by atoms with Gasteiger partial charge in [0, 0.05) is 20.7 Å². The third-order valence-corrected chi connectivity index (χ3v) is 1.99. The monoisotopic (exact) mass is 211 g/mol. The maximum absolute atomic E-state index is 9.52. The number of aliphatic hydroxyl groups is 1. The molecular weight excluding hydrogens is 194 g/mol. The Hall–Kier alpha value is -1.33. The molecule has 0 amide bonds. The molecule has 0 bridgehead atoms. The van der Waals surface area contributed by atoms with Gasteiger partial charge >= 0.3 is 0 Å². The molecule has 1 atom stereocenters. The summed E-state index contributed by atoms with van der Waals surface area (Å²) < 4.78 is 4.84. The van der Waals surface area contributed by atoms with Crippen molar-refractivity contribution in [3.8, 4) is 0 Å². The van der Waals surface area contributed by atoms with Gasteiger partial charge in [0.15, 0.2) is 0 Å². The molecular formula is C10H17N3O2. The fourth-order valence-corrected chi connectivity index (χ4v) is 1.31. The van der Waals surface area contributed by atoms with Crippen molar-refractivity contribution < 1.29 is 9.84 Å². The topological polar surface area (TPSA) is 71.6 Å². The normalized spacial score (nSPS) is 12.5. The summed E-state index contributed by atoms with van der Waals surface area (Å²) in [4.78, 5) is 5.97. The number of rotatable bonds is 5. The molecule has 1 aromatic heterocycles.